The molecule has 4 amide bonds. The van der Waals surface area contributed by atoms with E-state index in [9.17, 15) is 19.2 Å². The third-order valence-electron chi connectivity index (χ3n) is 9.45. The Morgan fingerprint density at radius 2 is 1.69 bits per heavy atom. The highest BCUT2D eigenvalue weighted by Gasteiger charge is 2.44. The van der Waals surface area contributed by atoms with E-state index in [2.05, 4.69) is 25.8 Å². The number of piperazine rings is 1. The lowest BCUT2D eigenvalue weighted by molar-refractivity contribution is -0.149. The smallest absolute Gasteiger partial charge is 0.344 e. The lowest BCUT2D eigenvalue weighted by Gasteiger charge is -2.36. The standard InChI is InChI=1S/C35H44F3N7O4/c1-4-29(46)42-30(33(48)45-15-13-44(3)14-16-45)22(2)25-11-12-28(27(36)18-25)41-32(47)31(24-9-7-5-6-8-10-24)43-34(49)35(37,38)26-17-23(19-39)20-40-21-26/h11-12,17-18,20-22,24,30-31H,4-10,13-16H2,1-3H3,(H,41,47)(H,42,46)(H,43,49). The Bertz CT molecular complexity index is 1550. The van der Waals surface area contributed by atoms with Crippen LogP contribution in [0, 0.1) is 23.1 Å². The highest BCUT2D eigenvalue weighted by molar-refractivity contribution is 5.98. The molecule has 3 N–H and O–H groups in total. The van der Waals surface area contributed by atoms with Crippen molar-refractivity contribution in [1.82, 2.24) is 25.4 Å². The molecular weight excluding hydrogens is 639 g/mol. The van der Waals surface area contributed by atoms with Crippen molar-refractivity contribution in [2.24, 2.45) is 5.92 Å². The van der Waals surface area contributed by atoms with E-state index in [0.29, 0.717) is 44.6 Å². The maximum Gasteiger partial charge on any atom is 0.351 e. The summed E-state index contributed by atoms with van der Waals surface area (Å²) in [6.07, 6.45) is 6.30. The first-order valence-electron chi connectivity index (χ1n) is 16.8. The molecule has 0 bridgehead atoms. The van der Waals surface area contributed by atoms with Crippen molar-refractivity contribution in [1.29, 1.82) is 5.26 Å². The molecule has 2 aromatic rings. The van der Waals surface area contributed by atoms with Crippen molar-refractivity contribution in [3.8, 4) is 6.07 Å². The summed E-state index contributed by atoms with van der Waals surface area (Å²) in [5, 5.41) is 16.6. The minimum Gasteiger partial charge on any atom is -0.344 e. The molecule has 4 rings (SSSR count). The number of carbonyl (C=O) groups is 4. The summed E-state index contributed by atoms with van der Waals surface area (Å²) in [4.78, 5) is 60.0. The van der Waals surface area contributed by atoms with Gasteiger partial charge < -0.3 is 25.8 Å². The average molecular weight is 684 g/mol. The number of hydrogen-bond acceptors (Lipinski definition) is 7. The van der Waals surface area contributed by atoms with Crippen LogP contribution < -0.4 is 16.0 Å². The molecule has 0 radical (unpaired) electrons. The maximum absolute atomic E-state index is 15.6. The molecule has 1 aliphatic heterocycles. The SMILES string of the molecule is CCC(=O)NC(C(=O)N1CCN(C)CC1)C(C)c1ccc(NC(=O)C(NC(=O)C(F)(F)c2cncc(C#N)c2)C2CCCCCC2)c(F)c1. The van der Waals surface area contributed by atoms with Crippen LogP contribution in [-0.4, -0.2) is 83.7 Å². The van der Waals surface area contributed by atoms with Crippen LogP contribution in [-0.2, 0) is 25.1 Å². The number of likely N-dealkylation sites (N-methyl/N-ethyl adjacent to an activating group) is 1. The lowest BCUT2D eigenvalue weighted by atomic mass is 9.90. The predicted molar refractivity (Wildman–Crippen MR) is 176 cm³/mol. The zero-order chi connectivity index (χ0) is 35.7. The maximum atomic E-state index is 15.6. The molecule has 1 aromatic heterocycles. The topological polar surface area (TPSA) is 148 Å². The molecule has 1 aliphatic carbocycles. The first-order chi connectivity index (χ1) is 23.3. The number of anilines is 1. The van der Waals surface area contributed by atoms with Gasteiger partial charge in [-0.2, -0.15) is 14.0 Å². The van der Waals surface area contributed by atoms with Crippen LogP contribution in [0.15, 0.2) is 36.7 Å². The number of benzene rings is 1. The van der Waals surface area contributed by atoms with Gasteiger partial charge in [-0.05, 0) is 49.6 Å². The number of amides is 4. The van der Waals surface area contributed by atoms with E-state index in [1.54, 1.807) is 24.8 Å². The number of nitrogens with zero attached hydrogens (tertiary/aromatic N) is 4. The van der Waals surface area contributed by atoms with Gasteiger partial charge in [-0.25, -0.2) is 4.39 Å². The zero-order valence-corrected chi connectivity index (χ0v) is 28.1. The molecule has 3 unspecified atom stereocenters. The molecule has 2 aliphatic rings. The number of rotatable bonds is 11. The third-order valence-corrected chi connectivity index (χ3v) is 9.45. The van der Waals surface area contributed by atoms with Crippen LogP contribution in [0.3, 0.4) is 0 Å². The van der Waals surface area contributed by atoms with Gasteiger partial charge in [-0.15, -0.1) is 0 Å². The fraction of sp³-hybridized carbons (Fsp3) is 0.543. The Kier molecular flexibility index (Phi) is 12.7. The van der Waals surface area contributed by atoms with E-state index < -0.39 is 53.0 Å². The highest BCUT2D eigenvalue weighted by atomic mass is 19.3. The van der Waals surface area contributed by atoms with E-state index in [4.69, 9.17) is 5.26 Å². The number of aromatic nitrogens is 1. The Labute approximate surface area is 284 Å². The minimum atomic E-state index is -4.10. The van der Waals surface area contributed by atoms with Crippen molar-refractivity contribution in [3.63, 3.8) is 0 Å². The molecule has 11 nitrogen and oxygen atoms in total. The second-order valence-electron chi connectivity index (χ2n) is 12.9. The van der Waals surface area contributed by atoms with Gasteiger partial charge in [-0.1, -0.05) is 45.6 Å². The molecule has 3 atom stereocenters. The van der Waals surface area contributed by atoms with Crippen LogP contribution in [0.25, 0.3) is 0 Å². The van der Waals surface area contributed by atoms with E-state index >= 15 is 13.2 Å². The van der Waals surface area contributed by atoms with Gasteiger partial charge in [-0.3, -0.25) is 24.2 Å². The van der Waals surface area contributed by atoms with Crippen LogP contribution >= 0.6 is 0 Å². The molecule has 264 valence electrons. The van der Waals surface area contributed by atoms with Crippen LogP contribution in [0.4, 0.5) is 18.9 Å². The Balaban J connectivity index is 1.55. The Morgan fingerprint density at radius 3 is 2.31 bits per heavy atom. The van der Waals surface area contributed by atoms with E-state index in [-0.39, 0.29) is 29.5 Å². The highest BCUT2D eigenvalue weighted by Crippen LogP contribution is 2.32. The summed E-state index contributed by atoms with van der Waals surface area (Å²) in [7, 11) is 1.96. The van der Waals surface area contributed by atoms with Crippen LogP contribution in [0.2, 0.25) is 0 Å². The van der Waals surface area contributed by atoms with E-state index in [1.165, 1.54) is 18.2 Å². The molecular formula is C35H44F3N7O4. The average Bonchev–Trinajstić information content (AvgIpc) is 3.39. The van der Waals surface area contributed by atoms with Crippen LogP contribution in [0.1, 0.15) is 81.4 Å². The van der Waals surface area contributed by atoms with E-state index in [1.807, 2.05) is 7.05 Å². The number of carbonyl (C=O) groups excluding carboxylic acids is 4. The zero-order valence-electron chi connectivity index (χ0n) is 28.1. The molecule has 49 heavy (non-hydrogen) atoms. The summed E-state index contributed by atoms with van der Waals surface area (Å²) in [5.41, 5.74) is -0.773. The number of pyridine rings is 1. The quantitative estimate of drug-likeness (QED) is 0.303. The molecule has 2 fully saturated rings. The second-order valence-corrected chi connectivity index (χ2v) is 12.9. The van der Waals surface area contributed by atoms with Crippen molar-refractivity contribution in [2.75, 3.05) is 38.5 Å². The van der Waals surface area contributed by atoms with E-state index in [0.717, 1.165) is 44.1 Å². The van der Waals surface area contributed by atoms with Gasteiger partial charge in [0.05, 0.1) is 16.8 Å². The lowest BCUT2D eigenvalue weighted by Crippen LogP contribution is -2.55. The largest absolute Gasteiger partial charge is 0.351 e. The van der Waals surface area contributed by atoms with Crippen LogP contribution in [0.5, 0.6) is 0 Å². The normalized spacial score (nSPS) is 17.9. The number of alkyl halides is 2. The fourth-order valence-electron chi connectivity index (χ4n) is 6.30. The van der Waals surface area contributed by atoms with Crippen molar-refractivity contribution in [3.05, 3.63) is 59.2 Å². The Morgan fingerprint density at radius 1 is 1.02 bits per heavy atom. The molecule has 1 aromatic carbocycles. The van der Waals surface area contributed by atoms with Crippen molar-refractivity contribution >= 4 is 29.3 Å². The predicted octanol–water partition coefficient (Wildman–Crippen LogP) is 4.05. The summed E-state index contributed by atoms with van der Waals surface area (Å²) < 4.78 is 46.2. The van der Waals surface area contributed by atoms with Gasteiger partial charge in [0.25, 0.3) is 5.91 Å². The number of hydrogen-bond donors (Lipinski definition) is 3. The van der Waals surface area contributed by atoms with Crippen molar-refractivity contribution < 1.29 is 32.3 Å². The van der Waals surface area contributed by atoms with Gasteiger partial charge in [0, 0.05) is 50.9 Å². The van der Waals surface area contributed by atoms with Crippen molar-refractivity contribution in [2.45, 2.75) is 82.7 Å². The van der Waals surface area contributed by atoms with Gasteiger partial charge in [0.1, 0.15) is 24.0 Å². The van der Waals surface area contributed by atoms with Gasteiger partial charge in [0.2, 0.25) is 17.7 Å². The summed E-state index contributed by atoms with van der Waals surface area (Å²) in [5.74, 6) is -9.21. The first-order valence-corrected chi connectivity index (χ1v) is 16.8. The summed E-state index contributed by atoms with van der Waals surface area (Å²) in [6, 6.07) is 4.26. The van der Waals surface area contributed by atoms with Gasteiger partial charge in [0.15, 0.2) is 0 Å². The third kappa shape index (κ3) is 9.35. The van der Waals surface area contributed by atoms with Gasteiger partial charge >= 0.3 is 5.92 Å². The second kappa shape index (κ2) is 16.7. The molecule has 0 spiro atoms. The molecule has 1 saturated heterocycles. The number of halogens is 3. The monoisotopic (exact) mass is 683 g/mol. The summed E-state index contributed by atoms with van der Waals surface area (Å²) in [6.45, 7) is 5.73. The number of nitrogens with one attached hydrogen (secondary N) is 3. The number of nitriles is 1. The fourth-order valence-corrected chi connectivity index (χ4v) is 6.30. The first kappa shape index (κ1) is 37.3. The molecule has 14 heteroatoms. The Hall–Kier alpha value is -4.51. The molecule has 1 saturated carbocycles. The summed E-state index contributed by atoms with van der Waals surface area (Å²) >= 11 is 0. The molecule has 2 heterocycles. The minimum absolute atomic E-state index is 0.154.